The van der Waals surface area contributed by atoms with Crippen LogP contribution in [0.1, 0.15) is 9.88 Å². The van der Waals surface area contributed by atoms with E-state index >= 15 is 0 Å². The van der Waals surface area contributed by atoms with Crippen LogP contribution in [0.3, 0.4) is 0 Å². The van der Waals surface area contributed by atoms with Crippen LogP contribution in [0.2, 0.25) is 0 Å². The maximum absolute atomic E-state index is 5.48. The van der Waals surface area contributed by atoms with Gasteiger partial charge in [-0.15, -0.1) is 11.3 Å². The Morgan fingerprint density at radius 1 is 1.46 bits per heavy atom. The van der Waals surface area contributed by atoms with Gasteiger partial charge in [-0.2, -0.15) is 0 Å². The third-order valence-corrected chi connectivity index (χ3v) is 2.64. The Bertz CT molecular complexity index is 429. The highest BCUT2D eigenvalue weighted by Crippen LogP contribution is 2.25. The SMILES string of the molecule is Cc1nc(-c2cnc(N)[nH]2)c(C)s1. The van der Waals surface area contributed by atoms with Crippen molar-refractivity contribution in [2.45, 2.75) is 13.8 Å². The summed E-state index contributed by atoms with van der Waals surface area (Å²) in [6.07, 6.45) is 1.71. The Labute approximate surface area is 79.8 Å². The van der Waals surface area contributed by atoms with E-state index in [1.807, 2.05) is 13.8 Å². The molecule has 0 spiro atoms. The molecule has 2 aromatic heterocycles. The molecule has 2 aromatic rings. The standard InChI is InChI=1S/C8H10N4S/c1-4-7(11-5(2)13-4)6-3-10-8(9)12-6/h3H,1-2H3,(H3,9,10,12). The molecule has 0 amide bonds. The second kappa shape index (κ2) is 2.85. The largest absolute Gasteiger partial charge is 0.369 e. The van der Waals surface area contributed by atoms with E-state index in [2.05, 4.69) is 15.0 Å². The third-order valence-electron chi connectivity index (χ3n) is 1.75. The zero-order chi connectivity index (χ0) is 9.42. The molecule has 2 heterocycles. The number of nitrogen functional groups attached to an aromatic ring is 1. The van der Waals surface area contributed by atoms with Gasteiger partial charge in [0.2, 0.25) is 0 Å². The molecular weight excluding hydrogens is 184 g/mol. The molecule has 0 aromatic carbocycles. The molecular formula is C8H10N4S. The Hall–Kier alpha value is -1.36. The summed E-state index contributed by atoms with van der Waals surface area (Å²) >= 11 is 1.67. The summed E-state index contributed by atoms with van der Waals surface area (Å²) in [6.45, 7) is 4.03. The van der Waals surface area contributed by atoms with E-state index in [9.17, 15) is 0 Å². The maximum Gasteiger partial charge on any atom is 0.197 e. The van der Waals surface area contributed by atoms with Gasteiger partial charge in [0.1, 0.15) is 5.69 Å². The number of H-pyrrole nitrogens is 1. The molecule has 4 nitrogen and oxygen atoms in total. The highest BCUT2D eigenvalue weighted by molar-refractivity contribution is 7.11. The number of nitrogens with zero attached hydrogens (tertiary/aromatic N) is 2. The molecule has 0 aliphatic rings. The van der Waals surface area contributed by atoms with E-state index in [0.717, 1.165) is 16.4 Å². The molecule has 0 aliphatic carbocycles. The lowest BCUT2D eigenvalue weighted by Crippen LogP contribution is -1.86. The minimum atomic E-state index is 0.431. The van der Waals surface area contributed by atoms with Gasteiger partial charge in [-0.25, -0.2) is 9.97 Å². The number of thiazole rings is 1. The second-order valence-electron chi connectivity index (χ2n) is 2.82. The number of aromatic nitrogens is 3. The van der Waals surface area contributed by atoms with E-state index in [0.29, 0.717) is 5.95 Å². The molecule has 0 saturated heterocycles. The zero-order valence-corrected chi connectivity index (χ0v) is 8.27. The van der Waals surface area contributed by atoms with Crippen molar-refractivity contribution in [2.24, 2.45) is 0 Å². The molecule has 0 unspecified atom stereocenters. The van der Waals surface area contributed by atoms with E-state index < -0.39 is 0 Å². The van der Waals surface area contributed by atoms with E-state index in [4.69, 9.17) is 5.73 Å². The van der Waals surface area contributed by atoms with Gasteiger partial charge < -0.3 is 10.7 Å². The lowest BCUT2D eigenvalue weighted by atomic mass is 10.3. The summed E-state index contributed by atoms with van der Waals surface area (Å²) in [5, 5.41) is 1.06. The van der Waals surface area contributed by atoms with Crippen LogP contribution >= 0.6 is 11.3 Å². The van der Waals surface area contributed by atoms with Gasteiger partial charge in [-0.3, -0.25) is 0 Å². The Balaban J connectivity index is 2.51. The molecule has 0 bridgehead atoms. The molecule has 0 radical (unpaired) electrons. The van der Waals surface area contributed by atoms with Crippen LogP contribution in [-0.4, -0.2) is 15.0 Å². The first-order valence-electron chi connectivity index (χ1n) is 3.91. The molecule has 2 rings (SSSR count). The number of rotatable bonds is 1. The van der Waals surface area contributed by atoms with Gasteiger partial charge >= 0.3 is 0 Å². The number of hydrogen-bond acceptors (Lipinski definition) is 4. The fourth-order valence-electron chi connectivity index (χ4n) is 1.24. The first kappa shape index (κ1) is 8.25. The Morgan fingerprint density at radius 2 is 2.23 bits per heavy atom. The summed E-state index contributed by atoms with van der Waals surface area (Å²) in [5.74, 6) is 0.431. The quantitative estimate of drug-likeness (QED) is 0.726. The van der Waals surface area contributed by atoms with Gasteiger partial charge in [0.05, 0.1) is 16.9 Å². The van der Waals surface area contributed by atoms with E-state index in [1.54, 1.807) is 17.5 Å². The number of nitrogens with two attached hydrogens (primary N) is 1. The summed E-state index contributed by atoms with van der Waals surface area (Å²) in [5.41, 5.74) is 7.32. The number of hydrogen-bond donors (Lipinski definition) is 2. The first-order valence-corrected chi connectivity index (χ1v) is 4.73. The maximum atomic E-state index is 5.48. The van der Waals surface area contributed by atoms with Crippen LogP contribution in [0.25, 0.3) is 11.4 Å². The molecule has 13 heavy (non-hydrogen) atoms. The number of anilines is 1. The molecule has 0 aliphatic heterocycles. The van der Waals surface area contributed by atoms with Crippen molar-refractivity contribution < 1.29 is 0 Å². The molecule has 0 fully saturated rings. The zero-order valence-electron chi connectivity index (χ0n) is 7.46. The first-order chi connectivity index (χ1) is 6.16. The third kappa shape index (κ3) is 1.42. The molecule has 5 heteroatoms. The molecule has 0 saturated carbocycles. The van der Waals surface area contributed by atoms with Crippen molar-refractivity contribution in [1.82, 2.24) is 15.0 Å². The van der Waals surface area contributed by atoms with Crippen molar-refractivity contribution >= 4 is 17.3 Å². The lowest BCUT2D eigenvalue weighted by Gasteiger charge is -1.91. The summed E-state index contributed by atoms with van der Waals surface area (Å²) in [6, 6.07) is 0. The summed E-state index contributed by atoms with van der Waals surface area (Å²) in [4.78, 5) is 12.5. The van der Waals surface area contributed by atoms with Crippen molar-refractivity contribution in [3.63, 3.8) is 0 Å². The normalized spacial score (nSPS) is 10.6. The van der Waals surface area contributed by atoms with Crippen LogP contribution in [0.5, 0.6) is 0 Å². The van der Waals surface area contributed by atoms with Crippen LogP contribution < -0.4 is 5.73 Å². The topological polar surface area (TPSA) is 67.6 Å². The lowest BCUT2D eigenvalue weighted by molar-refractivity contribution is 1.25. The monoisotopic (exact) mass is 194 g/mol. The fourth-order valence-corrected chi connectivity index (χ4v) is 2.07. The summed E-state index contributed by atoms with van der Waals surface area (Å²) in [7, 11) is 0. The molecule has 3 N–H and O–H groups in total. The number of imidazole rings is 1. The van der Waals surface area contributed by atoms with E-state index in [1.165, 1.54) is 4.88 Å². The van der Waals surface area contributed by atoms with Crippen LogP contribution in [0, 0.1) is 13.8 Å². The predicted octanol–water partition coefficient (Wildman–Crippen LogP) is 1.73. The minimum Gasteiger partial charge on any atom is -0.369 e. The van der Waals surface area contributed by atoms with Crippen molar-refractivity contribution in [1.29, 1.82) is 0 Å². The average Bonchev–Trinajstić information content (AvgIpc) is 2.58. The van der Waals surface area contributed by atoms with Crippen molar-refractivity contribution in [2.75, 3.05) is 5.73 Å². The van der Waals surface area contributed by atoms with Gasteiger partial charge in [0.15, 0.2) is 5.95 Å². The van der Waals surface area contributed by atoms with E-state index in [-0.39, 0.29) is 0 Å². The van der Waals surface area contributed by atoms with Gasteiger partial charge in [0.25, 0.3) is 0 Å². The summed E-state index contributed by atoms with van der Waals surface area (Å²) < 4.78 is 0. The predicted molar refractivity (Wildman–Crippen MR) is 53.6 cm³/mol. The van der Waals surface area contributed by atoms with Crippen LogP contribution in [-0.2, 0) is 0 Å². The minimum absolute atomic E-state index is 0.431. The Morgan fingerprint density at radius 3 is 2.69 bits per heavy atom. The van der Waals surface area contributed by atoms with Crippen LogP contribution in [0.4, 0.5) is 5.95 Å². The van der Waals surface area contributed by atoms with Gasteiger partial charge in [0, 0.05) is 4.88 Å². The smallest absolute Gasteiger partial charge is 0.197 e. The highest BCUT2D eigenvalue weighted by atomic mass is 32.1. The van der Waals surface area contributed by atoms with Crippen LogP contribution in [0.15, 0.2) is 6.20 Å². The number of nitrogens with one attached hydrogen (secondary N) is 1. The van der Waals surface area contributed by atoms with Crippen molar-refractivity contribution in [3.8, 4) is 11.4 Å². The number of aromatic amines is 1. The molecule has 68 valence electrons. The Kier molecular flexibility index (Phi) is 1.81. The second-order valence-corrected chi connectivity index (χ2v) is 4.23. The average molecular weight is 194 g/mol. The highest BCUT2D eigenvalue weighted by Gasteiger charge is 2.09. The van der Waals surface area contributed by atoms with Gasteiger partial charge in [-0.05, 0) is 13.8 Å². The van der Waals surface area contributed by atoms with Gasteiger partial charge in [-0.1, -0.05) is 0 Å². The number of aryl methyl sites for hydroxylation is 2. The van der Waals surface area contributed by atoms with Crippen molar-refractivity contribution in [3.05, 3.63) is 16.1 Å². The fraction of sp³-hybridized carbons (Fsp3) is 0.250. The molecule has 0 atom stereocenters.